The Bertz CT molecular complexity index is 357. The zero-order valence-corrected chi connectivity index (χ0v) is 7.92. The fourth-order valence-electron chi connectivity index (χ4n) is 1.66. The molecule has 1 heterocycles. The molecule has 2 heteroatoms. The first-order valence-corrected chi connectivity index (χ1v) is 4.57. The molecule has 0 spiro atoms. The lowest BCUT2D eigenvalue weighted by molar-refractivity contribution is -0.119. The van der Waals surface area contributed by atoms with Gasteiger partial charge < -0.3 is 5.32 Å². The van der Waals surface area contributed by atoms with Gasteiger partial charge in [0.1, 0.15) is 0 Å². The second kappa shape index (κ2) is 2.87. The quantitative estimate of drug-likeness (QED) is 0.643. The fourth-order valence-corrected chi connectivity index (χ4v) is 1.66. The van der Waals surface area contributed by atoms with Crippen LogP contribution in [0.4, 0.5) is 5.69 Å². The van der Waals surface area contributed by atoms with Crippen molar-refractivity contribution < 1.29 is 4.79 Å². The van der Waals surface area contributed by atoms with Crippen LogP contribution in [0.3, 0.4) is 0 Å². The van der Waals surface area contributed by atoms with Gasteiger partial charge in [0.25, 0.3) is 0 Å². The van der Waals surface area contributed by atoms with Gasteiger partial charge in [-0.15, -0.1) is 0 Å². The summed E-state index contributed by atoms with van der Waals surface area (Å²) < 4.78 is 0. The van der Waals surface area contributed by atoms with Crippen LogP contribution in [0.1, 0.15) is 18.1 Å². The van der Waals surface area contributed by atoms with Gasteiger partial charge in [0, 0.05) is 11.6 Å². The molecule has 0 saturated heterocycles. The van der Waals surface area contributed by atoms with Crippen LogP contribution in [0.2, 0.25) is 0 Å². The Labute approximate surface area is 78.0 Å². The molecule has 68 valence electrons. The maximum absolute atomic E-state index is 11.4. The molecule has 1 N–H and O–H groups in total. The van der Waals surface area contributed by atoms with Gasteiger partial charge in [-0.05, 0) is 30.5 Å². The molecule has 0 saturated carbocycles. The highest BCUT2D eigenvalue weighted by Crippen LogP contribution is 2.25. The molecule has 1 aliphatic rings. The van der Waals surface area contributed by atoms with Crippen LogP contribution in [0.5, 0.6) is 0 Å². The van der Waals surface area contributed by atoms with E-state index in [1.165, 1.54) is 11.1 Å². The van der Waals surface area contributed by atoms with E-state index in [4.69, 9.17) is 0 Å². The topological polar surface area (TPSA) is 29.1 Å². The van der Waals surface area contributed by atoms with Gasteiger partial charge in [0.05, 0.1) is 0 Å². The van der Waals surface area contributed by atoms with E-state index in [2.05, 4.69) is 17.4 Å². The molecule has 0 bridgehead atoms. The van der Waals surface area contributed by atoms with Gasteiger partial charge in [-0.3, -0.25) is 4.79 Å². The lowest BCUT2D eigenvalue weighted by Crippen LogP contribution is -2.27. The molecule has 1 aromatic rings. The zero-order valence-electron chi connectivity index (χ0n) is 7.92. The first-order chi connectivity index (χ1) is 6.16. The van der Waals surface area contributed by atoms with Crippen molar-refractivity contribution >= 4 is 11.6 Å². The molecular formula is C11H13NO. The summed E-state index contributed by atoms with van der Waals surface area (Å²) in [6, 6.07) is 6.21. The molecule has 0 radical (unpaired) electrons. The number of rotatable bonds is 0. The van der Waals surface area contributed by atoms with E-state index in [0.29, 0.717) is 0 Å². The summed E-state index contributed by atoms with van der Waals surface area (Å²) in [5.74, 6) is 0.244. The SMILES string of the molecule is Cc1ccc2c(c1)NC(=O)C(C)C2. The lowest BCUT2D eigenvalue weighted by Gasteiger charge is -2.21. The normalized spacial score (nSPS) is 20.8. The summed E-state index contributed by atoms with van der Waals surface area (Å²) in [4.78, 5) is 11.4. The number of hydrogen-bond donors (Lipinski definition) is 1. The first kappa shape index (κ1) is 8.30. The second-order valence-electron chi connectivity index (χ2n) is 3.76. The number of fused-ring (bicyclic) bond motifs is 1. The van der Waals surface area contributed by atoms with E-state index >= 15 is 0 Å². The highest BCUT2D eigenvalue weighted by molar-refractivity contribution is 5.95. The second-order valence-corrected chi connectivity index (χ2v) is 3.76. The van der Waals surface area contributed by atoms with Gasteiger partial charge in [-0.25, -0.2) is 0 Å². The molecule has 0 aliphatic carbocycles. The molecule has 0 aromatic heterocycles. The third-order valence-corrected chi connectivity index (χ3v) is 2.50. The number of nitrogens with one attached hydrogen (secondary N) is 1. The van der Waals surface area contributed by atoms with E-state index in [9.17, 15) is 4.79 Å². The van der Waals surface area contributed by atoms with Crippen molar-refractivity contribution in [1.82, 2.24) is 0 Å². The van der Waals surface area contributed by atoms with Crippen molar-refractivity contribution in [3.8, 4) is 0 Å². The minimum absolute atomic E-state index is 0.107. The largest absolute Gasteiger partial charge is 0.326 e. The maximum atomic E-state index is 11.4. The molecule has 1 unspecified atom stereocenters. The molecule has 13 heavy (non-hydrogen) atoms. The van der Waals surface area contributed by atoms with Crippen LogP contribution in [0, 0.1) is 12.8 Å². The number of amides is 1. The predicted molar refractivity (Wildman–Crippen MR) is 52.7 cm³/mol. The zero-order chi connectivity index (χ0) is 9.42. The Morgan fingerprint density at radius 1 is 1.46 bits per heavy atom. The number of hydrogen-bond acceptors (Lipinski definition) is 1. The van der Waals surface area contributed by atoms with Crippen molar-refractivity contribution in [2.75, 3.05) is 5.32 Å². The molecule has 0 fully saturated rings. The monoisotopic (exact) mass is 175 g/mol. The van der Waals surface area contributed by atoms with E-state index < -0.39 is 0 Å². The van der Waals surface area contributed by atoms with E-state index in [1.54, 1.807) is 0 Å². The number of aryl methyl sites for hydroxylation is 1. The number of anilines is 1. The van der Waals surface area contributed by atoms with Gasteiger partial charge in [-0.1, -0.05) is 19.1 Å². The summed E-state index contributed by atoms with van der Waals surface area (Å²) >= 11 is 0. The fraction of sp³-hybridized carbons (Fsp3) is 0.364. The van der Waals surface area contributed by atoms with Crippen molar-refractivity contribution in [2.45, 2.75) is 20.3 Å². The van der Waals surface area contributed by atoms with Crippen LogP contribution < -0.4 is 5.32 Å². The Morgan fingerprint density at radius 3 is 3.00 bits per heavy atom. The first-order valence-electron chi connectivity index (χ1n) is 4.57. The maximum Gasteiger partial charge on any atom is 0.227 e. The Hall–Kier alpha value is -1.31. The van der Waals surface area contributed by atoms with E-state index in [-0.39, 0.29) is 11.8 Å². The molecular weight excluding hydrogens is 162 g/mol. The Balaban J connectivity index is 2.42. The van der Waals surface area contributed by atoms with E-state index in [1.807, 2.05) is 19.9 Å². The van der Waals surface area contributed by atoms with Crippen LogP contribution in [0.15, 0.2) is 18.2 Å². The van der Waals surface area contributed by atoms with Gasteiger partial charge in [0.2, 0.25) is 5.91 Å². The molecule has 1 aliphatic heterocycles. The van der Waals surface area contributed by atoms with Crippen molar-refractivity contribution in [1.29, 1.82) is 0 Å². The number of benzene rings is 1. The number of carbonyl (C=O) groups is 1. The van der Waals surface area contributed by atoms with Crippen LogP contribution in [-0.2, 0) is 11.2 Å². The minimum Gasteiger partial charge on any atom is -0.326 e. The summed E-state index contributed by atoms with van der Waals surface area (Å²) in [7, 11) is 0. The Kier molecular flexibility index (Phi) is 1.83. The molecule has 1 aromatic carbocycles. The van der Waals surface area contributed by atoms with Gasteiger partial charge in [-0.2, -0.15) is 0 Å². The van der Waals surface area contributed by atoms with Gasteiger partial charge in [0.15, 0.2) is 0 Å². The molecule has 1 atom stereocenters. The Morgan fingerprint density at radius 2 is 2.23 bits per heavy atom. The number of carbonyl (C=O) groups excluding carboxylic acids is 1. The van der Waals surface area contributed by atoms with Gasteiger partial charge >= 0.3 is 0 Å². The average molecular weight is 175 g/mol. The predicted octanol–water partition coefficient (Wildman–Crippen LogP) is 2.13. The minimum atomic E-state index is 0.107. The highest BCUT2D eigenvalue weighted by atomic mass is 16.1. The average Bonchev–Trinajstić information content (AvgIpc) is 2.08. The summed E-state index contributed by atoms with van der Waals surface area (Å²) in [6.07, 6.45) is 0.863. The highest BCUT2D eigenvalue weighted by Gasteiger charge is 2.21. The third kappa shape index (κ3) is 1.44. The molecule has 2 nitrogen and oxygen atoms in total. The van der Waals surface area contributed by atoms with E-state index in [0.717, 1.165) is 12.1 Å². The summed E-state index contributed by atoms with van der Waals surface area (Å²) in [6.45, 7) is 3.99. The van der Waals surface area contributed by atoms with Crippen LogP contribution in [-0.4, -0.2) is 5.91 Å². The van der Waals surface area contributed by atoms with Crippen LogP contribution in [0.25, 0.3) is 0 Å². The standard InChI is InChI=1S/C11H13NO/c1-7-3-4-9-6-8(2)11(13)12-10(9)5-7/h3-5,8H,6H2,1-2H3,(H,12,13). The summed E-state index contributed by atoms with van der Waals surface area (Å²) in [5.41, 5.74) is 3.43. The molecule has 2 rings (SSSR count). The summed E-state index contributed by atoms with van der Waals surface area (Å²) in [5, 5.41) is 2.91. The lowest BCUT2D eigenvalue weighted by atomic mass is 9.94. The van der Waals surface area contributed by atoms with Crippen molar-refractivity contribution in [3.63, 3.8) is 0 Å². The third-order valence-electron chi connectivity index (χ3n) is 2.50. The smallest absolute Gasteiger partial charge is 0.227 e. The van der Waals surface area contributed by atoms with Crippen molar-refractivity contribution in [2.24, 2.45) is 5.92 Å². The molecule has 1 amide bonds. The van der Waals surface area contributed by atoms with Crippen molar-refractivity contribution in [3.05, 3.63) is 29.3 Å². The van der Waals surface area contributed by atoms with Crippen LogP contribution >= 0.6 is 0 Å².